The van der Waals surface area contributed by atoms with E-state index in [1.807, 2.05) is 47.4 Å². The Morgan fingerprint density at radius 3 is 2.52 bits per heavy atom. The summed E-state index contributed by atoms with van der Waals surface area (Å²) >= 11 is 0. The number of nitrogens with one attached hydrogen (secondary N) is 1. The van der Waals surface area contributed by atoms with Crippen LogP contribution in [0.1, 0.15) is 34.5 Å². The molecular formula is C26H27N3O4. The molecule has 0 spiro atoms. The third-order valence-corrected chi connectivity index (χ3v) is 7.01. The zero-order valence-electron chi connectivity index (χ0n) is 18.5. The molecule has 7 nitrogen and oxygen atoms in total. The number of aromatic amines is 1. The summed E-state index contributed by atoms with van der Waals surface area (Å²) < 4.78 is 11.6. The zero-order chi connectivity index (χ0) is 22.4. The molecule has 33 heavy (non-hydrogen) atoms. The van der Waals surface area contributed by atoms with Crippen LogP contribution in [0.3, 0.4) is 0 Å². The number of piperazine rings is 1. The fraction of sp³-hybridized carbons (Fsp3) is 0.385. The van der Waals surface area contributed by atoms with E-state index in [1.54, 1.807) is 4.90 Å². The van der Waals surface area contributed by atoms with E-state index in [0.717, 1.165) is 23.9 Å². The number of para-hydroxylation sites is 2. The third-order valence-electron chi connectivity index (χ3n) is 7.01. The number of nitrogens with zero attached hydrogens (tertiary/aromatic N) is 2. The summed E-state index contributed by atoms with van der Waals surface area (Å²) in [7, 11) is 0. The largest absolute Gasteiger partial charge is 0.485 e. The molecule has 3 heterocycles. The number of hydrogen-bond donors (Lipinski definition) is 1. The number of amides is 2. The van der Waals surface area contributed by atoms with Gasteiger partial charge in [0.05, 0.1) is 0 Å². The van der Waals surface area contributed by atoms with E-state index in [4.69, 9.17) is 9.47 Å². The van der Waals surface area contributed by atoms with Gasteiger partial charge in [-0.1, -0.05) is 12.1 Å². The second-order valence-corrected chi connectivity index (χ2v) is 9.03. The summed E-state index contributed by atoms with van der Waals surface area (Å²) in [5.74, 6) is 1.20. The number of carbonyl (C=O) groups is 2. The molecule has 1 fully saturated rings. The summed E-state index contributed by atoms with van der Waals surface area (Å²) in [5.41, 5.74) is 4.53. The van der Waals surface area contributed by atoms with Crippen molar-refractivity contribution in [3.8, 4) is 11.5 Å². The molecule has 0 unspecified atom stereocenters. The van der Waals surface area contributed by atoms with Crippen LogP contribution in [0, 0.1) is 0 Å². The highest BCUT2D eigenvalue weighted by atomic mass is 16.6. The fourth-order valence-corrected chi connectivity index (χ4v) is 5.20. The Hall–Kier alpha value is -3.48. The highest BCUT2D eigenvalue weighted by Crippen LogP contribution is 2.32. The summed E-state index contributed by atoms with van der Waals surface area (Å²) in [6, 6.07) is 13.4. The Bertz CT molecular complexity index is 1230. The maximum absolute atomic E-state index is 13.2. The summed E-state index contributed by atoms with van der Waals surface area (Å²) in [4.78, 5) is 33.3. The topological polar surface area (TPSA) is 74.9 Å². The number of rotatable bonds is 2. The van der Waals surface area contributed by atoms with Crippen LogP contribution in [0.5, 0.6) is 11.5 Å². The second-order valence-electron chi connectivity index (χ2n) is 9.03. The maximum Gasteiger partial charge on any atom is 0.267 e. The van der Waals surface area contributed by atoms with Gasteiger partial charge in [-0.2, -0.15) is 0 Å². The van der Waals surface area contributed by atoms with Crippen molar-refractivity contribution in [1.82, 2.24) is 14.8 Å². The number of H-pyrrole nitrogens is 1. The minimum atomic E-state index is -0.649. The number of benzene rings is 2. The van der Waals surface area contributed by atoms with Gasteiger partial charge in [0.1, 0.15) is 6.61 Å². The molecule has 3 aliphatic rings. The van der Waals surface area contributed by atoms with E-state index in [1.165, 1.54) is 29.5 Å². The van der Waals surface area contributed by atoms with Crippen LogP contribution in [0.2, 0.25) is 0 Å². The number of hydrogen-bond acceptors (Lipinski definition) is 4. The van der Waals surface area contributed by atoms with Gasteiger partial charge in [-0.15, -0.1) is 0 Å². The van der Waals surface area contributed by atoms with Crippen LogP contribution in [0.25, 0.3) is 10.9 Å². The molecule has 1 saturated heterocycles. The average Bonchev–Trinajstić information content (AvgIpc) is 3.25. The fourth-order valence-electron chi connectivity index (χ4n) is 5.20. The lowest BCUT2D eigenvalue weighted by Crippen LogP contribution is -2.55. The van der Waals surface area contributed by atoms with Crippen molar-refractivity contribution in [2.45, 2.75) is 31.8 Å². The zero-order valence-corrected chi connectivity index (χ0v) is 18.5. The Balaban J connectivity index is 1.11. The molecule has 2 aliphatic heterocycles. The van der Waals surface area contributed by atoms with Crippen LogP contribution in [0.4, 0.5) is 0 Å². The van der Waals surface area contributed by atoms with Crippen molar-refractivity contribution in [2.24, 2.45) is 0 Å². The highest BCUT2D eigenvalue weighted by Gasteiger charge is 2.33. The average molecular weight is 446 g/mol. The van der Waals surface area contributed by atoms with E-state index >= 15 is 0 Å². The van der Waals surface area contributed by atoms with Crippen LogP contribution in [-0.4, -0.2) is 65.5 Å². The van der Waals surface area contributed by atoms with Crippen molar-refractivity contribution < 1.29 is 19.1 Å². The molecule has 1 N–H and O–H groups in total. The molecule has 0 radical (unpaired) electrons. The molecule has 2 aromatic carbocycles. The minimum Gasteiger partial charge on any atom is -0.485 e. The first-order chi connectivity index (χ1) is 16.2. The van der Waals surface area contributed by atoms with Crippen molar-refractivity contribution in [3.63, 3.8) is 0 Å². The normalized spacial score (nSPS) is 19.9. The molecule has 0 bridgehead atoms. The van der Waals surface area contributed by atoms with Crippen LogP contribution in [-0.2, 0) is 17.6 Å². The third kappa shape index (κ3) is 3.61. The summed E-state index contributed by atoms with van der Waals surface area (Å²) in [6.45, 7) is 2.22. The van der Waals surface area contributed by atoms with Gasteiger partial charge >= 0.3 is 0 Å². The predicted molar refractivity (Wildman–Crippen MR) is 124 cm³/mol. The molecule has 0 saturated carbocycles. The first kappa shape index (κ1) is 20.1. The predicted octanol–water partition coefficient (Wildman–Crippen LogP) is 3.17. The van der Waals surface area contributed by atoms with E-state index < -0.39 is 6.10 Å². The van der Waals surface area contributed by atoms with E-state index in [0.29, 0.717) is 37.7 Å². The molecule has 2 amide bonds. The van der Waals surface area contributed by atoms with Crippen molar-refractivity contribution >= 4 is 22.7 Å². The van der Waals surface area contributed by atoms with Gasteiger partial charge in [-0.25, -0.2) is 0 Å². The number of fused-ring (bicyclic) bond motifs is 4. The highest BCUT2D eigenvalue weighted by molar-refractivity contribution is 5.99. The number of aromatic nitrogens is 1. The van der Waals surface area contributed by atoms with Gasteiger partial charge in [-0.3, -0.25) is 9.59 Å². The standard InChI is InChI=1S/C26H27N3O4/c30-25(17-9-10-21-19(15-17)18-5-1-2-6-20(18)27-21)28-11-13-29(14-12-28)26(31)24-16-32-22-7-3-4-8-23(22)33-24/h3-4,7-10,15,24,27H,1-2,5-6,11-14,16H2/t24-/m0/s1. The van der Waals surface area contributed by atoms with Crippen molar-refractivity contribution in [1.29, 1.82) is 0 Å². The molecular weight excluding hydrogens is 418 g/mol. The van der Waals surface area contributed by atoms with Gasteiger partial charge in [-0.05, 0) is 61.6 Å². The van der Waals surface area contributed by atoms with E-state index in [9.17, 15) is 9.59 Å². The lowest BCUT2D eigenvalue weighted by Gasteiger charge is -2.37. The molecule has 7 heteroatoms. The lowest BCUT2D eigenvalue weighted by atomic mass is 9.95. The van der Waals surface area contributed by atoms with E-state index in [-0.39, 0.29) is 18.4 Å². The smallest absolute Gasteiger partial charge is 0.267 e. The molecule has 1 aromatic heterocycles. The van der Waals surface area contributed by atoms with Gasteiger partial charge in [0, 0.05) is 48.3 Å². The number of carbonyl (C=O) groups excluding carboxylic acids is 2. The van der Waals surface area contributed by atoms with Crippen LogP contribution < -0.4 is 9.47 Å². The van der Waals surface area contributed by atoms with E-state index in [2.05, 4.69) is 4.98 Å². The Labute approximate surface area is 192 Å². The second kappa shape index (κ2) is 8.14. The Morgan fingerprint density at radius 2 is 1.67 bits per heavy atom. The number of ether oxygens (including phenoxy) is 2. The SMILES string of the molecule is O=C(c1ccc2[nH]c3c(c2c1)CCCC3)N1CCN(C(=O)[C@@H]2COc3ccccc3O2)CC1. The quantitative estimate of drug-likeness (QED) is 0.658. The first-order valence-electron chi connectivity index (χ1n) is 11.8. The molecule has 1 aliphatic carbocycles. The molecule has 170 valence electrons. The number of aryl methyl sites for hydroxylation is 2. The van der Waals surface area contributed by atoms with Gasteiger partial charge in [0.15, 0.2) is 11.5 Å². The van der Waals surface area contributed by atoms with Gasteiger partial charge in [0.2, 0.25) is 6.10 Å². The molecule has 1 atom stereocenters. The van der Waals surface area contributed by atoms with Gasteiger partial charge in [0.25, 0.3) is 11.8 Å². The monoisotopic (exact) mass is 445 g/mol. The summed E-state index contributed by atoms with van der Waals surface area (Å²) in [6.07, 6.45) is 3.94. The molecule has 3 aromatic rings. The first-order valence-corrected chi connectivity index (χ1v) is 11.8. The maximum atomic E-state index is 13.2. The van der Waals surface area contributed by atoms with Crippen molar-refractivity contribution in [3.05, 3.63) is 59.3 Å². The summed E-state index contributed by atoms with van der Waals surface area (Å²) in [5, 5.41) is 1.18. The Kier molecular flexibility index (Phi) is 4.97. The van der Waals surface area contributed by atoms with Crippen LogP contribution in [0.15, 0.2) is 42.5 Å². The van der Waals surface area contributed by atoms with Crippen molar-refractivity contribution in [2.75, 3.05) is 32.8 Å². The van der Waals surface area contributed by atoms with Crippen LogP contribution >= 0.6 is 0 Å². The Morgan fingerprint density at radius 1 is 0.909 bits per heavy atom. The lowest BCUT2D eigenvalue weighted by molar-refractivity contribution is -0.142. The van der Waals surface area contributed by atoms with Gasteiger partial charge < -0.3 is 24.3 Å². The minimum absolute atomic E-state index is 0.0286. The molecule has 6 rings (SSSR count).